The van der Waals surface area contributed by atoms with Crippen molar-refractivity contribution < 1.29 is 32.2 Å². The number of carbonyl (C=O) groups excluding carboxylic acids is 1. The van der Waals surface area contributed by atoms with Crippen LogP contribution in [0.1, 0.15) is 16.8 Å². The number of hydrogen-bond acceptors (Lipinski definition) is 10. The van der Waals surface area contributed by atoms with Gasteiger partial charge in [-0.15, -0.1) is 12.4 Å². The molecule has 2 aromatic carbocycles. The molecule has 0 unspecified atom stereocenters. The highest BCUT2D eigenvalue weighted by atomic mass is 35.5. The summed E-state index contributed by atoms with van der Waals surface area (Å²) in [6.07, 6.45) is 0.736. The molecule has 0 atom stereocenters. The number of benzene rings is 2. The Labute approximate surface area is 250 Å². The third-order valence-electron chi connectivity index (χ3n) is 7.04. The average Bonchev–Trinajstić information content (AvgIpc) is 3.45. The second-order valence-corrected chi connectivity index (χ2v) is 12.4. The van der Waals surface area contributed by atoms with Crippen LogP contribution in [-0.2, 0) is 19.5 Å². The number of methoxy groups -OCH3 is 2. The van der Waals surface area contributed by atoms with Crippen molar-refractivity contribution in [3.63, 3.8) is 0 Å². The number of ether oxygens (including phenoxy) is 4. The van der Waals surface area contributed by atoms with Crippen molar-refractivity contribution in [2.24, 2.45) is 0 Å². The van der Waals surface area contributed by atoms with Crippen LogP contribution in [0, 0.1) is 0 Å². The zero-order chi connectivity index (χ0) is 28.1. The molecule has 14 heteroatoms. The average molecular weight is 627 g/mol. The summed E-state index contributed by atoms with van der Waals surface area (Å²) in [4.78, 5) is 22.8. The molecule has 2 saturated heterocycles. The van der Waals surface area contributed by atoms with Crippen molar-refractivity contribution in [3.05, 3.63) is 42.0 Å². The molecule has 2 fully saturated rings. The first-order chi connectivity index (χ1) is 19.4. The molecule has 0 N–H and O–H groups in total. The summed E-state index contributed by atoms with van der Waals surface area (Å²) in [7, 11) is -0.485. The normalized spacial score (nSPS) is 16.7. The van der Waals surface area contributed by atoms with E-state index in [0.717, 1.165) is 30.8 Å². The van der Waals surface area contributed by atoms with Gasteiger partial charge in [-0.1, -0.05) is 11.3 Å². The second kappa shape index (κ2) is 14.1. The van der Waals surface area contributed by atoms with Gasteiger partial charge < -0.3 is 18.9 Å². The Morgan fingerprint density at radius 3 is 2.20 bits per heavy atom. The Balaban J connectivity index is 0.00000387. The van der Waals surface area contributed by atoms with Crippen LogP contribution in [0.5, 0.6) is 11.5 Å². The van der Waals surface area contributed by atoms with Gasteiger partial charge in [0.25, 0.3) is 5.91 Å². The fourth-order valence-corrected chi connectivity index (χ4v) is 7.32. The van der Waals surface area contributed by atoms with Crippen molar-refractivity contribution in [1.29, 1.82) is 0 Å². The SMILES string of the molecule is COc1ccc(OC)c2sc(N(CCCN3CCOCC3)C(=O)c3ccc(S(=O)(=O)N4CCOCC4)cc3)nc12.Cl. The lowest BCUT2D eigenvalue weighted by Gasteiger charge is -2.28. The molecular weight excluding hydrogens is 592 g/mol. The van der Waals surface area contributed by atoms with Gasteiger partial charge in [-0.25, -0.2) is 13.4 Å². The lowest BCUT2D eigenvalue weighted by atomic mass is 10.2. The standard InChI is InChI=1S/C27H34N4O7S2.ClH/c1-35-22-8-9-23(36-2)25-24(22)28-27(39-25)31(11-3-10-29-12-16-37-17-13-29)26(32)20-4-6-21(7-5-20)40(33,34)30-14-18-38-19-15-30;/h4-9H,3,10-19H2,1-2H3;1H. The van der Waals surface area contributed by atoms with E-state index in [1.165, 1.54) is 27.8 Å². The molecule has 0 radical (unpaired) electrons. The lowest BCUT2D eigenvalue weighted by molar-refractivity contribution is 0.0376. The zero-order valence-corrected chi connectivity index (χ0v) is 25.6. The van der Waals surface area contributed by atoms with Gasteiger partial charge in [0.1, 0.15) is 21.7 Å². The van der Waals surface area contributed by atoms with E-state index in [0.29, 0.717) is 73.8 Å². The van der Waals surface area contributed by atoms with Crippen LogP contribution in [0.4, 0.5) is 5.13 Å². The van der Waals surface area contributed by atoms with Crippen molar-refractivity contribution in [1.82, 2.24) is 14.2 Å². The molecule has 41 heavy (non-hydrogen) atoms. The highest BCUT2D eigenvalue weighted by Crippen LogP contribution is 2.40. The summed E-state index contributed by atoms with van der Waals surface area (Å²) in [6, 6.07) is 9.74. The van der Waals surface area contributed by atoms with E-state index in [1.807, 2.05) is 6.07 Å². The minimum Gasteiger partial charge on any atom is -0.495 e. The van der Waals surface area contributed by atoms with E-state index in [9.17, 15) is 13.2 Å². The summed E-state index contributed by atoms with van der Waals surface area (Å²) in [5.41, 5.74) is 1.00. The summed E-state index contributed by atoms with van der Waals surface area (Å²) in [6.45, 7) is 5.76. The smallest absolute Gasteiger partial charge is 0.260 e. The molecule has 0 spiro atoms. The molecule has 11 nitrogen and oxygen atoms in total. The van der Waals surface area contributed by atoms with E-state index < -0.39 is 10.0 Å². The predicted molar refractivity (Wildman–Crippen MR) is 160 cm³/mol. The number of sulfonamides is 1. The first-order valence-electron chi connectivity index (χ1n) is 13.2. The molecule has 0 bridgehead atoms. The molecule has 1 aromatic heterocycles. The summed E-state index contributed by atoms with van der Waals surface area (Å²) in [5, 5.41) is 0.523. The van der Waals surface area contributed by atoms with Gasteiger partial charge >= 0.3 is 0 Å². The molecular formula is C27H35ClN4O7S2. The van der Waals surface area contributed by atoms with E-state index in [-0.39, 0.29) is 23.2 Å². The van der Waals surface area contributed by atoms with Gasteiger partial charge in [0.15, 0.2) is 5.13 Å². The monoisotopic (exact) mass is 626 g/mol. The van der Waals surface area contributed by atoms with E-state index in [4.69, 9.17) is 23.9 Å². The Morgan fingerprint density at radius 1 is 0.951 bits per heavy atom. The van der Waals surface area contributed by atoms with Crippen LogP contribution in [0.15, 0.2) is 41.3 Å². The summed E-state index contributed by atoms with van der Waals surface area (Å²) in [5.74, 6) is 0.990. The van der Waals surface area contributed by atoms with Crippen LogP contribution in [-0.4, -0.2) is 108 Å². The third-order valence-corrected chi connectivity index (χ3v) is 10.0. The Kier molecular flexibility index (Phi) is 10.8. The van der Waals surface area contributed by atoms with Gasteiger partial charge in [0.05, 0.1) is 45.5 Å². The lowest BCUT2D eigenvalue weighted by Crippen LogP contribution is -2.40. The van der Waals surface area contributed by atoms with Crippen LogP contribution in [0.25, 0.3) is 10.2 Å². The quantitative estimate of drug-likeness (QED) is 0.335. The molecule has 5 rings (SSSR count). The molecule has 0 aliphatic carbocycles. The maximum absolute atomic E-state index is 13.9. The zero-order valence-electron chi connectivity index (χ0n) is 23.1. The number of hydrogen-bond donors (Lipinski definition) is 0. The van der Waals surface area contributed by atoms with Gasteiger partial charge in [-0.2, -0.15) is 4.31 Å². The molecule has 2 aliphatic heterocycles. The first kappa shape index (κ1) is 31.4. The number of carbonyl (C=O) groups is 1. The third kappa shape index (κ3) is 6.94. The minimum atomic E-state index is -3.66. The number of nitrogens with zero attached hydrogens (tertiary/aromatic N) is 4. The topological polar surface area (TPSA) is 111 Å². The maximum Gasteiger partial charge on any atom is 0.260 e. The molecule has 224 valence electrons. The molecule has 2 aliphatic rings. The number of halogens is 1. The van der Waals surface area contributed by atoms with Gasteiger partial charge in [-0.3, -0.25) is 14.6 Å². The molecule has 3 heterocycles. The van der Waals surface area contributed by atoms with Crippen LogP contribution in [0.3, 0.4) is 0 Å². The number of anilines is 1. The second-order valence-electron chi connectivity index (χ2n) is 9.45. The fourth-order valence-electron chi connectivity index (χ4n) is 4.81. The number of fused-ring (bicyclic) bond motifs is 1. The van der Waals surface area contributed by atoms with Crippen LogP contribution >= 0.6 is 23.7 Å². The number of aromatic nitrogens is 1. The van der Waals surface area contributed by atoms with E-state index in [2.05, 4.69) is 4.90 Å². The summed E-state index contributed by atoms with van der Waals surface area (Å²) >= 11 is 1.36. The van der Waals surface area contributed by atoms with Crippen molar-refractivity contribution in [2.75, 3.05) is 84.8 Å². The minimum absolute atomic E-state index is 0. The molecule has 0 saturated carbocycles. The van der Waals surface area contributed by atoms with Crippen molar-refractivity contribution in [3.8, 4) is 11.5 Å². The van der Waals surface area contributed by atoms with E-state index >= 15 is 0 Å². The Hall–Kier alpha value is -2.52. The number of morpholine rings is 2. The Morgan fingerprint density at radius 2 is 1.56 bits per heavy atom. The van der Waals surface area contributed by atoms with Crippen molar-refractivity contribution >= 4 is 55.0 Å². The Bertz CT molecular complexity index is 1380. The number of thiazole rings is 1. The van der Waals surface area contributed by atoms with Crippen LogP contribution in [0.2, 0.25) is 0 Å². The highest BCUT2D eigenvalue weighted by molar-refractivity contribution is 7.89. The summed E-state index contributed by atoms with van der Waals surface area (Å²) < 4.78 is 50.1. The van der Waals surface area contributed by atoms with Crippen molar-refractivity contribution in [2.45, 2.75) is 11.3 Å². The predicted octanol–water partition coefficient (Wildman–Crippen LogP) is 3.13. The van der Waals surface area contributed by atoms with Gasteiger partial charge in [0.2, 0.25) is 10.0 Å². The fraction of sp³-hybridized carbons (Fsp3) is 0.481. The largest absolute Gasteiger partial charge is 0.495 e. The van der Waals surface area contributed by atoms with Gasteiger partial charge in [-0.05, 0) is 42.8 Å². The number of rotatable bonds is 10. The number of amides is 1. The van der Waals surface area contributed by atoms with Crippen LogP contribution < -0.4 is 14.4 Å². The first-order valence-corrected chi connectivity index (χ1v) is 15.5. The van der Waals surface area contributed by atoms with Gasteiger partial charge in [0, 0.05) is 44.8 Å². The molecule has 3 aromatic rings. The van der Waals surface area contributed by atoms with E-state index in [1.54, 1.807) is 37.3 Å². The maximum atomic E-state index is 13.9. The molecule has 1 amide bonds. The highest BCUT2D eigenvalue weighted by Gasteiger charge is 2.28.